The number of alkyl halides is 1. The average molecular weight is 228 g/mol. The molecular weight excluding hydrogens is 218 g/mol. The standard InChI is InChI=1S/C9H10ClN3O2/c1-15-9(14)7-8(11)12-5-6(13-7)3-2-4-10/h2-3,5H,4H2,1H3,(H2,11,12). The summed E-state index contributed by atoms with van der Waals surface area (Å²) in [4.78, 5) is 19.0. The van der Waals surface area contributed by atoms with Gasteiger partial charge < -0.3 is 10.5 Å². The zero-order valence-electron chi connectivity index (χ0n) is 8.11. The number of nitrogens with zero attached hydrogens (tertiary/aromatic N) is 2. The molecule has 0 aliphatic carbocycles. The SMILES string of the molecule is COC(=O)c1nc(C=CCCl)cnc1N. The molecule has 1 rings (SSSR count). The van der Waals surface area contributed by atoms with Crippen molar-refractivity contribution in [3.63, 3.8) is 0 Å². The van der Waals surface area contributed by atoms with Crippen LogP contribution in [0.5, 0.6) is 0 Å². The maximum atomic E-state index is 11.2. The van der Waals surface area contributed by atoms with Crippen LogP contribution in [0.15, 0.2) is 12.3 Å². The van der Waals surface area contributed by atoms with Gasteiger partial charge in [-0.1, -0.05) is 6.08 Å². The second-order valence-corrected chi connectivity index (χ2v) is 2.89. The maximum Gasteiger partial charge on any atom is 0.360 e. The van der Waals surface area contributed by atoms with Gasteiger partial charge in [0.1, 0.15) is 0 Å². The number of ether oxygens (including phenoxy) is 1. The Kier molecular flexibility index (Phi) is 4.05. The van der Waals surface area contributed by atoms with Crippen LogP contribution in [0.4, 0.5) is 5.82 Å². The van der Waals surface area contributed by atoms with Crippen molar-refractivity contribution in [2.75, 3.05) is 18.7 Å². The van der Waals surface area contributed by atoms with E-state index in [0.29, 0.717) is 11.6 Å². The normalized spacial score (nSPS) is 10.5. The molecule has 0 unspecified atom stereocenters. The predicted octanol–water partition coefficient (Wildman–Crippen LogP) is 1.10. The minimum Gasteiger partial charge on any atom is -0.464 e. The van der Waals surface area contributed by atoms with Crippen molar-refractivity contribution in [3.8, 4) is 0 Å². The van der Waals surface area contributed by atoms with E-state index in [2.05, 4.69) is 14.7 Å². The van der Waals surface area contributed by atoms with Gasteiger partial charge in [0.2, 0.25) is 0 Å². The quantitative estimate of drug-likeness (QED) is 0.618. The van der Waals surface area contributed by atoms with Gasteiger partial charge in [-0.15, -0.1) is 11.6 Å². The highest BCUT2D eigenvalue weighted by Gasteiger charge is 2.12. The molecule has 0 amide bonds. The number of aromatic nitrogens is 2. The second-order valence-electron chi connectivity index (χ2n) is 2.58. The molecule has 80 valence electrons. The van der Waals surface area contributed by atoms with Crippen LogP contribution in [0.2, 0.25) is 0 Å². The van der Waals surface area contributed by atoms with Crippen LogP contribution in [-0.2, 0) is 4.74 Å². The first-order valence-corrected chi connectivity index (χ1v) is 4.65. The molecule has 5 nitrogen and oxygen atoms in total. The third-order valence-corrected chi connectivity index (χ3v) is 1.75. The fraction of sp³-hybridized carbons (Fsp3) is 0.222. The number of halogens is 1. The molecule has 1 aromatic rings. The number of nitrogens with two attached hydrogens (primary N) is 1. The molecule has 15 heavy (non-hydrogen) atoms. The first kappa shape index (κ1) is 11.5. The number of methoxy groups -OCH3 is 1. The van der Waals surface area contributed by atoms with Crippen molar-refractivity contribution in [2.24, 2.45) is 0 Å². The summed E-state index contributed by atoms with van der Waals surface area (Å²) < 4.78 is 4.50. The Morgan fingerprint density at radius 2 is 2.47 bits per heavy atom. The summed E-state index contributed by atoms with van der Waals surface area (Å²) in [7, 11) is 1.25. The van der Waals surface area contributed by atoms with E-state index in [4.69, 9.17) is 17.3 Å². The number of hydrogen-bond acceptors (Lipinski definition) is 5. The molecule has 0 saturated carbocycles. The molecule has 6 heteroatoms. The van der Waals surface area contributed by atoms with Gasteiger partial charge in [-0.3, -0.25) is 0 Å². The monoisotopic (exact) mass is 227 g/mol. The predicted molar refractivity (Wildman–Crippen MR) is 57.5 cm³/mol. The molecule has 0 spiro atoms. The van der Waals surface area contributed by atoms with Gasteiger partial charge in [-0.05, 0) is 6.08 Å². The Hall–Kier alpha value is -1.62. The summed E-state index contributed by atoms with van der Waals surface area (Å²) in [5.74, 6) is -0.203. The van der Waals surface area contributed by atoms with Gasteiger partial charge in [-0.2, -0.15) is 0 Å². The van der Waals surface area contributed by atoms with Gasteiger partial charge in [-0.25, -0.2) is 14.8 Å². The van der Waals surface area contributed by atoms with Crippen LogP contribution in [0.25, 0.3) is 6.08 Å². The summed E-state index contributed by atoms with van der Waals surface area (Å²) in [5, 5.41) is 0. The third-order valence-electron chi connectivity index (χ3n) is 1.58. The van der Waals surface area contributed by atoms with E-state index in [1.165, 1.54) is 13.3 Å². The molecule has 0 bridgehead atoms. The second kappa shape index (κ2) is 5.31. The number of allylic oxidation sites excluding steroid dienone is 1. The lowest BCUT2D eigenvalue weighted by atomic mass is 10.3. The fourth-order valence-electron chi connectivity index (χ4n) is 0.905. The summed E-state index contributed by atoms with van der Waals surface area (Å²) in [6, 6.07) is 0. The molecule has 1 aromatic heterocycles. The average Bonchev–Trinajstić information content (AvgIpc) is 2.27. The smallest absolute Gasteiger partial charge is 0.360 e. The highest BCUT2D eigenvalue weighted by molar-refractivity contribution is 6.19. The van der Waals surface area contributed by atoms with Crippen molar-refractivity contribution in [1.82, 2.24) is 9.97 Å². The Morgan fingerprint density at radius 1 is 1.73 bits per heavy atom. The molecule has 0 saturated heterocycles. The maximum absolute atomic E-state index is 11.2. The lowest BCUT2D eigenvalue weighted by Gasteiger charge is -2.02. The molecule has 0 aromatic carbocycles. The van der Waals surface area contributed by atoms with Crippen LogP contribution < -0.4 is 5.73 Å². The minimum absolute atomic E-state index is 0.00854. The number of carbonyl (C=O) groups excluding carboxylic acids is 1. The van der Waals surface area contributed by atoms with Gasteiger partial charge >= 0.3 is 5.97 Å². The van der Waals surface area contributed by atoms with E-state index in [9.17, 15) is 4.79 Å². The summed E-state index contributed by atoms with van der Waals surface area (Å²) >= 11 is 5.46. The van der Waals surface area contributed by atoms with E-state index in [-0.39, 0.29) is 11.5 Å². The highest BCUT2D eigenvalue weighted by atomic mass is 35.5. The van der Waals surface area contributed by atoms with Crippen LogP contribution in [0, 0.1) is 0 Å². The summed E-state index contributed by atoms with van der Waals surface area (Å²) in [5.41, 5.74) is 5.98. The number of esters is 1. The molecule has 0 fully saturated rings. The van der Waals surface area contributed by atoms with Crippen molar-refractivity contribution in [3.05, 3.63) is 23.7 Å². The number of carbonyl (C=O) groups is 1. The molecule has 0 aliphatic heterocycles. The van der Waals surface area contributed by atoms with E-state index < -0.39 is 5.97 Å². The van der Waals surface area contributed by atoms with Crippen LogP contribution in [-0.4, -0.2) is 28.9 Å². The Bertz CT molecular complexity index is 393. The van der Waals surface area contributed by atoms with Gasteiger partial charge in [0.05, 0.1) is 19.0 Å². The van der Waals surface area contributed by atoms with Crippen LogP contribution in [0.1, 0.15) is 16.2 Å². The lowest BCUT2D eigenvalue weighted by molar-refractivity contribution is 0.0595. The Labute approximate surface area is 91.9 Å². The molecule has 0 aliphatic rings. The number of rotatable bonds is 3. The van der Waals surface area contributed by atoms with Crippen molar-refractivity contribution in [1.29, 1.82) is 0 Å². The first-order chi connectivity index (χ1) is 7.19. The lowest BCUT2D eigenvalue weighted by Crippen LogP contribution is -2.10. The number of anilines is 1. The zero-order chi connectivity index (χ0) is 11.3. The van der Waals surface area contributed by atoms with Crippen LogP contribution in [0.3, 0.4) is 0 Å². The van der Waals surface area contributed by atoms with E-state index >= 15 is 0 Å². The minimum atomic E-state index is -0.610. The first-order valence-electron chi connectivity index (χ1n) is 4.12. The molecule has 0 atom stereocenters. The largest absolute Gasteiger partial charge is 0.464 e. The molecule has 0 radical (unpaired) electrons. The van der Waals surface area contributed by atoms with Crippen LogP contribution >= 0.6 is 11.6 Å². The highest BCUT2D eigenvalue weighted by Crippen LogP contribution is 2.08. The van der Waals surface area contributed by atoms with Crippen molar-refractivity contribution in [2.45, 2.75) is 0 Å². The number of hydrogen-bond donors (Lipinski definition) is 1. The van der Waals surface area contributed by atoms with Gasteiger partial charge in [0.25, 0.3) is 0 Å². The van der Waals surface area contributed by atoms with Crippen molar-refractivity contribution < 1.29 is 9.53 Å². The number of nitrogen functional groups attached to an aromatic ring is 1. The van der Waals surface area contributed by atoms with E-state index in [0.717, 1.165) is 0 Å². The molecular formula is C9H10ClN3O2. The topological polar surface area (TPSA) is 78.1 Å². The third kappa shape index (κ3) is 2.92. The van der Waals surface area contributed by atoms with Crippen molar-refractivity contribution >= 4 is 29.5 Å². The molecule has 2 N–H and O–H groups in total. The van der Waals surface area contributed by atoms with E-state index in [1.54, 1.807) is 12.2 Å². The van der Waals surface area contributed by atoms with Gasteiger partial charge in [0, 0.05) is 5.88 Å². The Morgan fingerprint density at radius 3 is 3.07 bits per heavy atom. The summed E-state index contributed by atoms with van der Waals surface area (Å²) in [6.45, 7) is 0. The zero-order valence-corrected chi connectivity index (χ0v) is 8.86. The fourth-order valence-corrected chi connectivity index (χ4v) is 0.994. The van der Waals surface area contributed by atoms with Gasteiger partial charge in [0.15, 0.2) is 11.5 Å². The Balaban J connectivity index is 3.05. The van der Waals surface area contributed by atoms with E-state index in [1.807, 2.05) is 0 Å². The molecule has 1 heterocycles. The summed E-state index contributed by atoms with van der Waals surface area (Å²) in [6.07, 6.45) is 4.78.